The zero-order valence-electron chi connectivity index (χ0n) is 16.0. The third kappa shape index (κ3) is 1.56. The first-order valence-corrected chi connectivity index (χ1v) is 4.25. The molecule has 2 aromatic rings. The van der Waals surface area contributed by atoms with E-state index in [1.165, 1.54) is 0 Å². The molecule has 0 atom stereocenters. The fraction of sp³-hybridized carbons (Fsp3) is 0.143. The minimum atomic E-state index is -0.497. The highest BCUT2D eigenvalue weighted by atomic mass is 14.1. The van der Waals surface area contributed by atoms with Gasteiger partial charge in [0.2, 0.25) is 0 Å². The molecular weight excluding hydrogens is 168 g/mol. The molecule has 0 aromatic heterocycles. The largest absolute Gasteiger partial charge is 0.0629 e. The van der Waals surface area contributed by atoms with Gasteiger partial charge in [-0.1, -0.05) is 48.3 Å². The molecule has 0 aliphatic carbocycles. The molecule has 70 valence electrons. The lowest BCUT2D eigenvalue weighted by molar-refractivity contribution is 1.34. The van der Waals surface area contributed by atoms with Crippen LogP contribution < -0.4 is 0 Å². The van der Waals surface area contributed by atoms with E-state index >= 15 is 0 Å². The maximum absolute atomic E-state index is 8.06. The van der Waals surface area contributed by atoms with Crippen LogP contribution in [0, 0.1) is 13.8 Å². The van der Waals surface area contributed by atoms with Gasteiger partial charge in [0.05, 0.1) is 11.0 Å². The molecule has 0 bridgehead atoms. The fourth-order valence-electron chi connectivity index (χ4n) is 1.19. The van der Waals surface area contributed by atoms with Crippen LogP contribution in [0.4, 0.5) is 0 Å². The van der Waals surface area contributed by atoms with Crippen LogP contribution in [-0.2, 0) is 0 Å². The first-order chi connectivity index (χ1) is 10.1. The normalized spacial score (nSPS) is 18.1. The van der Waals surface area contributed by atoms with Crippen LogP contribution >= 0.6 is 0 Å². The lowest BCUT2D eigenvalue weighted by Crippen LogP contribution is -1.85. The summed E-state index contributed by atoms with van der Waals surface area (Å²) in [4.78, 5) is 0. The highest BCUT2D eigenvalue weighted by Crippen LogP contribution is 2.24. The fourth-order valence-corrected chi connectivity index (χ4v) is 1.19. The number of hydrogen-bond donors (Lipinski definition) is 0. The second-order valence-corrected chi connectivity index (χ2v) is 3.00. The van der Waals surface area contributed by atoms with Gasteiger partial charge in [0.25, 0.3) is 0 Å². The molecule has 0 saturated carbocycles. The molecule has 0 unspecified atom stereocenters. The second kappa shape index (κ2) is 3.67. The van der Waals surface area contributed by atoms with Gasteiger partial charge < -0.3 is 0 Å². The lowest BCUT2D eigenvalue weighted by atomic mass is 9.97. The summed E-state index contributed by atoms with van der Waals surface area (Å²) in [5, 5.41) is 0. The van der Waals surface area contributed by atoms with Crippen LogP contribution in [0.3, 0.4) is 0 Å². The minimum absolute atomic E-state index is 0.0846. The van der Waals surface area contributed by atoms with E-state index in [1.54, 1.807) is 13.8 Å². The third-order valence-corrected chi connectivity index (χ3v) is 2.12. The molecule has 0 saturated heterocycles. The van der Waals surface area contributed by atoms with Gasteiger partial charge in [0.15, 0.2) is 0 Å². The van der Waals surface area contributed by atoms with Crippen molar-refractivity contribution >= 4 is 0 Å². The van der Waals surface area contributed by atoms with Gasteiger partial charge >= 0.3 is 0 Å². The molecule has 0 spiro atoms. The Kier molecular flexibility index (Phi) is 0.928. The second-order valence-electron chi connectivity index (χ2n) is 3.00. The third-order valence-electron chi connectivity index (χ3n) is 2.12. The van der Waals surface area contributed by atoms with Crippen molar-refractivity contribution < 1.29 is 11.0 Å². The molecule has 0 heterocycles. The van der Waals surface area contributed by atoms with Gasteiger partial charge in [-0.25, -0.2) is 0 Å². The van der Waals surface area contributed by atoms with E-state index in [1.807, 2.05) is 0 Å². The number of hydrogen-bond acceptors (Lipinski definition) is 0. The molecule has 14 heavy (non-hydrogen) atoms. The molecule has 2 rings (SSSR count). The SMILES string of the molecule is [2H]c1c([2H])c([2H])c(-c2c([2H])c([2H])c([2H])c(C)c2C)c([2H])c1[2H]. The molecule has 0 heteroatoms. The van der Waals surface area contributed by atoms with Crippen molar-refractivity contribution in [2.75, 3.05) is 0 Å². The van der Waals surface area contributed by atoms with Crippen molar-refractivity contribution in [1.82, 2.24) is 0 Å². The molecule has 0 aliphatic heterocycles. The Labute approximate surface area is 96.5 Å². The van der Waals surface area contributed by atoms with Gasteiger partial charge in [-0.15, -0.1) is 0 Å². The maximum Gasteiger partial charge on any atom is 0.0629 e. The molecule has 0 aliphatic rings. The summed E-state index contributed by atoms with van der Waals surface area (Å²) >= 11 is 0. The van der Waals surface area contributed by atoms with Crippen LogP contribution in [0.1, 0.15) is 22.1 Å². The Balaban J connectivity index is 3.03. The van der Waals surface area contributed by atoms with Crippen molar-refractivity contribution in [2.24, 2.45) is 0 Å². The van der Waals surface area contributed by atoms with E-state index in [9.17, 15) is 0 Å². The summed E-state index contributed by atoms with van der Waals surface area (Å²) in [5.74, 6) is 0. The highest BCUT2D eigenvalue weighted by Gasteiger charge is 2.01. The van der Waals surface area contributed by atoms with Gasteiger partial charge in [0.1, 0.15) is 0 Å². The first kappa shape index (κ1) is 3.54. The summed E-state index contributed by atoms with van der Waals surface area (Å²) in [6.45, 7) is 3.24. The smallest absolute Gasteiger partial charge is 0.0622 e. The standard InChI is InChI=1S/C14H14/c1-11-7-6-10-14(12(11)2)13-8-4-3-5-9-13/h3-10H,1-2H3/i3D,4D,5D,6D,7D,8D,9D,10D. The maximum atomic E-state index is 8.06. The predicted molar refractivity (Wildman–Crippen MR) is 61.4 cm³/mol. The number of benzene rings is 2. The Morgan fingerprint density at radius 2 is 1.57 bits per heavy atom. The zero-order chi connectivity index (χ0) is 16.9. The van der Waals surface area contributed by atoms with Gasteiger partial charge in [-0.3, -0.25) is 0 Å². The summed E-state index contributed by atoms with van der Waals surface area (Å²) in [6.07, 6.45) is 0. The van der Waals surface area contributed by atoms with Crippen LogP contribution in [0.2, 0.25) is 0 Å². The van der Waals surface area contributed by atoms with Crippen molar-refractivity contribution in [2.45, 2.75) is 13.8 Å². The van der Waals surface area contributed by atoms with Gasteiger partial charge in [-0.2, -0.15) is 0 Å². The Hall–Kier alpha value is -1.56. The van der Waals surface area contributed by atoms with E-state index in [0.717, 1.165) is 0 Å². The molecular formula is C14H14. The topological polar surface area (TPSA) is 0 Å². The average Bonchev–Trinajstić information content (AvgIpc) is 2.50. The highest BCUT2D eigenvalue weighted by molar-refractivity contribution is 5.68. The summed E-state index contributed by atoms with van der Waals surface area (Å²) in [7, 11) is 0. The molecule has 0 nitrogen and oxygen atoms in total. The predicted octanol–water partition coefficient (Wildman–Crippen LogP) is 3.97. The van der Waals surface area contributed by atoms with Crippen molar-refractivity contribution in [3.8, 4) is 11.1 Å². The lowest BCUT2D eigenvalue weighted by Gasteiger charge is -2.07. The van der Waals surface area contributed by atoms with Crippen LogP contribution in [-0.4, -0.2) is 0 Å². The summed E-state index contributed by atoms with van der Waals surface area (Å²) in [5.41, 5.74) is 0.966. The number of rotatable bonds is 1. The van der Waals surface area contributed by atoms with E-state index in [-0.39, 0.29) is 29.3 Å². The minimum Gasteiger partial charge on any atom is -0.0622 e. The van der Waals surface area contributed by atoms with E-state index in [4.69, 9.17) is 11.0 Å². The van der Waals surface area contributed by atoms with E-state index < -0.39 is 30.2 Å². The molecule has 0 amide bonds. The molecule has 2 aromatic carbocycles. The van der Waals surface area contributed by atoms with Crippen LogP contribution in [0.5, 0.6) is 0 Å². The monoisotopic (exact) mass is 190 g/mol. The summed E-state index contributed by atoms with van der Waals surface area (Å²) < 4.78 is 62.7. The van der Waals surface area contributed by atoms with Crippen molar-refractivity contribution in [3.05, 3.63) is 59.5 Å². The Morgan fingerprint density at radius 3 is 2.29 bits per heavy atom. The Bertz CT molecular complexity index is 669. The Morgan fingerprint density at radius 1 is 0.857 bits per heavy atom. The summed E-state index contributed by atoms with van der Waals surface area (Å²) in [6, 6.07) is -2.96. The molecule has 0 N–H and O–H groups in total. The average molecular weight is 190 g/mol. The molecule has 0 radical (unpaired) electrons. The van der Waals surface area contributed by atoms with Crippen LogP contribution in [0.15, 0.2) is 48.3 Å². The quantitative estimate of drug-likeness (QED) is 0.638. The molecule has 0 fully saturated rings. The van der Waals surface area contributed by atoms with E-state index in [0.29, 0.717) is 11.1 Å². The van der Waals surface area contributed by atoms with Crippen LogP contribution in [0.25, 0.3) is 11.1 Å². The van der Waals surface area contributed by atoms with Crippen molar-refractivity contribution in [1.29, 1.82) is 0 Å². The van der Waals surface area contributed by atoms with Crippen molar-refractivity contribution in [3.63, 3.8) is 0 Å². The van der Waals surface area contributed by atoms with E-state index in [2.05, 4.69) is 0 Å². The zero-order valence-corrected chi connectivity index (χ0v) is 8.00. The first-order valence-electron chi connectivity index (χ1n) is 8.25. The van der Waals surface area contributed by atoms with Gasteiger partial charge in [-0.05, 0) is 36.1 Å². The van der Waals surface area contributed by atoms with Gasteiger partial charge in [0, 0.05) is 0 Å².